The Morgan fingerprint density at radius 1 is 1.35 bits per heavy atom. The highest BCUT2D eigenvalue weighted by atomic mass is 32.2. The summed E-state index contributed by atoms with van der Waals surface area (Å²) in [6.07, 6.45) is 1.86. The lowest BCUT2D eigenvalue weighted by atomic mass is 9.93. The van der Waals surface area contributed by atoms with Crippen molar-refractivity contribution in [2.45, 2.75) is 31.6 Å². The van der Waals surface area contributed by atoms with Gasteiger partial charge in [-0.25, -0.2) is 21.9 Å². The van der Waals surface area contributed by atoms with Gasteiger partial charge in [-0.3, -0.25) is 0 Å². The first-order valence-electron chi connectivity index (χ1n) is 6.42. The van der Waals surface area contributed by atoms with Gasteiger partial charge in [0.1, 0.15) is 4.90 Å². The summed E-state index contributed by atoms with van der Waals surface area (Å²) in [4.78, 5) is -0.741. The molecule has 7 heteroatoms. The van der Waals surface area contributed by atoms with Crippen LogP contribution in [-0.2, 0) is 10.0 Å². The maximum Gasteiger partial charge on any atom is 0.243 e. The van der Waals surface area contributed by atoms with Crippen LogP contribution in [0.25, 0.3) is 0 Å². The Morgan fingerprint density at radius 3 is 2.45 bits per heavy atom. The molecule has 0 aromatic heterocycles. The Hall–Kier alpha value is -1.21. The first-order valence-corrected chi connectivity index (χ1v) is 7.90. The number of halogens is 2. The average Bonchev–Trinajstić information content (AvgIpc) is 3.12. The molecule has 1 aromatic rings. The molecular weight excluding hydrogens is 286 g/mol. The van der Waals surface area contributed by atoms with Crippen LogP contribution in [0.2, 0.25) is 0 Å². The SMILES string of the molecule is CC(C)C1(CNS(=O)(=O)c2cc(N)cc(F)c2F)CC1. The van der Waals surface area contributed by atoms with Crippen molar-refractivity contribution >= 4 is 15.7 Å². The van der Waals surface area contributed by atoms with Gasteiger partial charge in [-0.15, -0.1) is 0 Å². The molecule has 0 unspecified atom stereocenters. The van der Waals surface area contributed by atoms with Crippen LogP contribution in [0, 0.1) is 23.0 Å². The summed E-state index contributed by atoms with van der Waals surface area (Å²) in [7, 11) is -4.11. The molecule has 0 bridgehead atoms. The fourth-order valence-corrected chi connectivity index (χ4v) is 3.47. The standard InChI is InChI=1S/C13H18F2N2O2S/c1-8(2)13(3-4-13)7-17-20(18,19)11-6-9(16)5-10(14)12(11)15/h5-6,8,17H,3-4,7,16H2,1-2H3. The zero-order chi connectivity index (χ0) is 15.1. The van der Waals surface area contributed by atoms with Crippen molar-refractivity contribution < 1.29 is 17.2 Å². The molecule has 4 nitrogen and oxygen atoms in total. The molecule has 0 spiro atoms. The third-order valence-electron chi connectivity index (χ3n) is 4.04. The minimum atomic E-state index is -4.11. The van der Waals surface area contributed by atoms with E-state index in [9.17, 15) is 17.2 Å². The molecule has 0 saturated heterocycles. The maximum absolute atomic E-state index is 13.6. The molecule has 0 atom stereocenters. The topological polar surface area (TPSA) is 72.2 Å². The molecule has 0 amide bonds. The minimum absolute atomic E-state index is 0.0670. The molecule has 0 aliphatic heterocycles. The summed E-state index contributed by atoms with van der Waals surface area (Å²) in [5.74, 6) is -2.34. The van der Waals surface area contributed by atoms with Crippen molar-refractivity contribution in [3.8, 4) is 0 Å². The second-order valence-electron chi connectivity index (χ2n) is 5.66. The number of nitrogen functional groups attached to an aromatic ring is 1. The molecule has 20 heavy (non-hydrogen) atoms. The maximum atomic E-state index is 13.6. The van der Waals surface area contributed by atoms with Crippen LogP contribution in [0.4, 0.5) is 14.5 Å². The van der Waals surface area contributed by atoms with E-state index < -0.39 is 26.6 Å². The summed E-state index contributed by atoms with van der Waals surface area (Å²) in [6, 6.07) is 1.68. The zero-order valence-electron chi connectivity index (χ0n) is 11.4. The van der Waals surface area contributed by atoms with E-state index in [0.29, 0.717) is 5.92 Å². The number of nitrogens with two attached hydrogens (primary N) is 1. The number of anilines is 1. The Bertz CT molecular complexity index is 626. The molecule has 1 aromatic carbocycles. The van der Waals surface area contributed by atoms with Crippen LogP contribution in [0.3, 0.4) is 0 Å². The normalized spacial score (nSPS) is 17.4. The molecule has 0 heterocycles. The molecular formula is C13H18F2N2O2S. The highest BCUT2D eigenvalue weighted by molar-refractivity contribution is 7.89. The van der Waals surface area contributed by atoms with Crippen molar-refractivity contribution in [3.63, 3.8) is 0 Å². The lowest BCUT2D eigenvalue weighted by Crippen LogP contribution is -2.33. The van der Waals surface area contributed by atoms with Crippen LogP contribution in [0.1, 0.15) is 26.7 Å². The summed E-state index contributed by atoms with van der Waals surface area (Å²) in [5.41, 5.74) is 5.17. The van der Waals surface area contributed by atoms with Gasteiger partial charge in [0.25, 0.3) is 0 Å². The van der Waals surface area contributed by atoms with E-state index in [1.165, 1.54) is 0 Å². The van der Waals surface area contributed by atoms with Crippen LogP contribution in [-0.4, -0.2) is 15.0 Å². The van der Waals surface area contributed by atoms with Gasteiger partial charge in [0.15, 0.2) is 11.6 Å². The third-order valence-corrected chi connectivity index (χ3v) is 5.44. The first kappa shape index (κ1) is 15.2. The molecule has 112 valence electrons. The fraction of sp³-hybridized carbons (Fsp3) is 0.538. The Morgan fingerprint density at radius 2 is 1.95 bits per heavy atom. The van der Waals surface area contributed by atoms with Crippen molar-refractivity contribution in [3.05, 3.63) is 23.8 Å². The Labute approximate surface area is 117 Å². The van der Waals surface area contributed by atoms with E-state index >= 15 is 0 Å². The molecule has 1 saturated carbocycles. The van der Waals surface area contributed by atoms with E-state index in [4.69, 9.17) is 5.73 Å². The van der Waals surface area contributed by atoms with Gasteiger partial charge in [0.05, 0.1) is 0 Å². The number of hydrogen-bond acceptors (Lipinski definition) is 3. The number of nitrogens with one attached hydrogen (secondary N) is 1. The first-order chi connectivity index (χ1) is 9.18. The second kappa shape index (κ2) is 4.96. The molecule has 1 aliphatic rings. The van der Waals surface area contributed by atoms with Gasteiger partial charge in [0, 0.05) is 12.2 Å². The predicted octanol–water partition coefficient (Wildman–Crippen LogP) is 2.26. The predicted molar refractivity (Wildman–Crippen MR) is 72.5 cm³/mol. The number of benzene rings is 1. The Balaban J connectivity index is 2.23. The average molecular weight is 304 g/mol. The molecule has 0 radical (unpaired) electrons. The smallest absolute Gasteiger partial charge is 0.243 e. The lowest BCUT2D eigenvalue weighted by molar-refractivity contribution is 0.357. The number of sulfonamides is 1. The van der Waals surface area contributed by atoms with E-state index in [0.717, 1.165) is 25.0 Å². The highest BCUT2D eigenvalue weighted by Gasteiger charge is 2.45. The van der Waals surface area contributed by atoms with Gasteiger partial charge in [-0.2, -0.15) is 0 Å². The van der Waals surface area contributed by atoms with Crippen molar-refractivity contribution in [2.24, 2.45) is 11.3 Å². The minimum Gasteiger partial charge on any atom is -0.399 e. The van der Waals surface area contributed by atoms with Crippen LogP contribution in [0.5, 0.6) is 0 Å². The summed E-state index contributed by atoms with van der Waals surface area (Å²) in [6.45, 7) is 4.26. The second-order valence-corrected chi connectivity index (χ2v) is 7.39. The van der Waals surface area contributed by atoms with Crippen molar-refractivity contribution in [1.29, 1.82) is 0 Å². The van der Waals surface area contributed by atoms with E-state index in [2.05, 4.69) is 4.72 Å². The van der Waals surface area contributed by atoms with Crippen LogP contribution in [0.15, 0.2) is 17.0 Å². The van der Waals surface area contributed by atoms with Crippen molar-refractivity contribution in [1.82, 2.24) is 4.72 Å². The summed E-state index contributed by atoms with van der Waals surface area (Å²) >= 11 is 0. The van der Waals surface area contributed by atoms with Gasteiger partial charge < -0.3 is 5.73 Å². The number of rotatable bonds is 5. The largest absolute Gasteiger partial charge is 0.399 e. The van der Waals surface area contributed by atoms with Crippen LogP contribution < -0.4 is 10.5 Å². The summed E-state index contributed by atoms with van der Waals surface area (Å²) in [5, 5.41) is 0. The molecule has 2 rings (SSSR count). The van der Waals surface area contributed by atoms with E-state index in [1.54, 1.807) is 0 Å². The molecule has 1 fully saturated rings. The van der Waals surface area contributed by atoms with Gasteiger partial charge in [0.2, 0.25) is 10.0 Å². The van der Waals surface area contributed by atoms with Crippen LogP contribution >= 0.6 is 0 Å². The van der Waals surface area contributed by atoms with E-state index in [1.807, 2.05) is 13.8 Å². The molecule has 3 N–H and O–H groups in total. The van der Waals surface area contributed by atoms with Gasteiger partial charge in [-0.05, 0) is 36.3 Å². The monoisotopic (exact) mass is 304 g/mol. The fourth-order valence-electron chi connectivity index (χ4n) is 2.21. The summed E-state index contributed by atoms with van der Waals surface area (Å²) < 4.78 is 53.4. The number of hydrogen-bond donors (Lipinski definition) is 2. The van der Waals surface area contributed by atoms with Crippen molar-refractivity contribution in [2.75, 3.05) is 12.3 Å². The quantitative estimate of drug-likeness (QED) is 0.820. The van der Waals surface area contributed by atoms with Gasteiger partial charge in [-0.1, -0.05) is 13.8 Å². The lowest BCUT2D eigenvalue weighted by Gasteiger charge is -2.20. The Kier molecular flexibility index (Phi) is 3.77. The third kappa shape index (κ3) is 2.78. The van der Waals surface area contributed by atoms with Gasteiger partial charge >= 0.3 is 0 Å². The zero-order valence-corrected chi connectivity index (χ0v) is 12.2. The highest BCUT2D eigenvalue weighted by Crippen LogP contribution is 2.51. The molecule has 1 aliphatic carbocycles. The van der Waals surface area contributed by atoms with E-state index in [-0.39, 0.29) is 17.6 Å².